The number of fused-ring (bicyclic) bond motifs is 1. The molecule has 3 heterocycles. The average molecular weight is 487 g/mol. The highest BCUT2D eigenvalue weighted by Gasteiger charge is 2.39. The third kappa shape index (κ3) is 4.86. The smallest absolute Gasteiger partial charge is 0.423 e. The molecule has 0 amide bonds. The van der Waals surface area contributed by atoms with Crippen LogP contribution in [0.2, 0.25) is 0 Å². The Bertz CT molecular complexity index is 1250. The number of pyridine rings is 1. The first kappa shape index (κ1) is 23.3. The van der Waals surface area contributed by atoms with Crippen molar-refractivity contribution in [3.63, 3.8) is 0 Å². The van der Waals surface area contributed by atoms with Crippen LogP contribution in [0.25, 0.3) is 5.65 Å². The number of nitrogens with one attached hydrogen (secondary N) is 1. The first-order valence-corrected chi connectivity index (χ1v) is 11.5. The molecule has 0 bridgehead atoms. The Hall–Kier alpha value is -3.46. The van der Waals surface area contributed by atoms with Crippen molar-refractivity contribution in [2.45, 2.75) is 68.9 Å². The molecule has 2 aliphatic carbocycles. The normalized spacial score (nSPS) is 24.5. The lowest BCUT2D eigenvalue weighted by atomic mass is 9.85. The van der Waals surface area contributed by atoms with Crippen LogP contribution in [-0.4, -0.2) is 49.9 Å². The zero-order valence-corrected chi connectivity index (χ0v) is 19.0. The standard InChI is InChI=1S/C23H24F3N7O2/c1-34-16-9-17(10-16)35-21-18(23(24,25)26)12-28-22(30-21)29-15-4-2-3-14(8-15)20-32-31-19-7-13(11-27)5-6-33(19)20/h5-7,12,14-17H,2-4,8-10H2,1H3,(H,28,29,30)/t14-,15+,16?,17?/m0/s1. The minimum atomic E-state index is -4.62. The van der Waals surface area contributed by atoms with Gasteiger partial charge in [0.15, 0.2) is 5.65 Å². The van der Waals surface area contributed by atoms with E-state index < -0.39 is 17.6 Å². The zero-order valence-electron chi connectivity index (χ0n) is 19.0. The topological polar surface area (TPSA) is 110 Å². The molecule has 12 heteroatoms. The van der Waals surface area contributed by atoms with Gasteiger partial charge in [-0.25, -0.2) is 4.98 Å². The lowest BCUT2D eigenvalue weighted by Crippen LogP contribution is -2.39. The lowest BCUT2D eigenvalue weighted by Gasteiger charge is -2.34. The van der Waals surface area contributed by atoms with Crippen LogP contribution in [0.15, 0.2) is 24.5 Å². The summed E-state index contributed by atoms with van der Waals surface area (Å²) in [5.74, 6) is 0.533. The third-order valence-corrected chi connectivity index (χ3v) is 6.66. The van der Waals surface area contributed by atoms with Gasteiger partial charge in [0.05, 0.1) is 17.7 Å². The molecule has 0 spiro atoms. The SMILES string of the molecule is COC1CC(Oc2nc(N[C@@H]3CCC[C@H](c4nnc5cc(C#N)ccn45)C3)ncc2C(F)(F)F)C1. The summed E-state index contributed by atoms with van der Waals surface area (Å²) in [6, 6.07) is 5.44. The molecule has 0 aromatic carbocycles. The quantitative estimate of drug-likeness (QED) is 0.553. The molecule has 0 unspecified atom stereocenters. The van der Waals surface area contributed by atoms with E-state index in [0.29, 0.717) is 30.5 Å². The summed E-state index contributed by atoms with van der Waals surface area (Å²) < 4.78 is 53.1. The van der Waals surface area contributed by atoms with Crippen molar-refractivity contribution in [3.05, 3.63) is 41.5 Å². The van der Waals surface area contributed by atoms with Crippen molar-refractivity contribution >= 4 is 11.6 Å². The van der Waals surface area contributed by atoms with Crippen LogP contribution in [0, 0.1) is 11.3 Å². The summed E-state index contributed by atoms with van der Waals surface area (Å²) >= 11 is 0. The average Bonchev–Trinajstić information content (AvgIpc) is 3.24. The highest BCUT2D eigenvalue weighted by Crippen LogP contribution is 2.38. The molecule has 0 saturated heterocycles. The monoisotopic (exact) mass is 487 g/mol. The summed E-state index contributed by atoms with van der Waals surface area (Å²) in [5.41, 5.74) is 0.127. The van der Waals surface area contributed by atoms with E-state index >= 15 is 0 Å². The van der Waals surface area contributed by atoms with Crippen LogP contribution in [0.1, 0.15) is 61.4 Å². The van der Waals surface area contributed by atoms with Crippen molar-refractivity contribution in [1.29, 1.82) is 5.26 Å². The van der Waals surface area contributed by atoms with Gasteiger partial charge >= 0.3 is 6.18 Å². The van der Waals surface area contributed by atoms with Gasteiger partial charge in [-0.15, -0.1) is 10.2 Å². The summed E-state index contributed by atoms with van der Waals surface area (Å²) in [5, 5.41) is 20.8. The van der Waals surface area contributed by atoms with Gasteiger partial charge in [0.2, 0.25) is 11.8 Å². The van der Waals surface area contributed by atoms with Gasteiger partial charge in [0.1, 0.15) is 17.5 Å². The van der Waals surface area contributed by atoms with E-state index in [9.17, 15) is 13.2 Å². The van der Waals surface area contributed by atoms with Gasteiger partial charge in [0.25, 0.3) is 0 Å². The molecule has 3 aromatic rings. The van der Waals surface area contributed by atoms with E-state index in [2.05, 4.69) is 31.6 Å². The second-order valence-corrected chi connectivity index (χ2v) is 9.00. The maximum absolute atomic E-state index is 13.5. The van der Waals surface area contributed by atoms with E-state index in [-0.39, 0.29) is 30.1 Å². The van der Waals surface area contributed by atoms with Crippen LogP contribution in [0.4, 0.5) is 19.1 Å². The number of rotatable bonds is 6. The van der Waals surface area contributed by atoms with Gasteiger partial charge in [0, 0.05) is 50.4 Å². The Labute approximate surface area is 199 Å². The molecule has 1 N–H and O–H groups in total. The second-order valence-electron chi connectivity index (χ2n) is 9.00. The van der Waals surface area contributed by atoms with Crippen molar-refractivity contribution in [3.8, 4) is 11.9 Å². The molecular weight excluding hydrogens is 463 g/mol. The molecule has 0 radical (unpaired) electrons. The molecule has 2 atom stereocenters. The van der Waals surface area contributed by atoms with Crippen molar-refractivity contribution in [2.24, 2.45) is 0 Å². The summed E-state index contributed by atoms with van der Waals surface area (Å²) in [4.78, 5) is 8.02. The summed E-state index contributed by atoms with van der Waals surface area (Å²) in [6.07, 6.45) is 1.94. The Kier molecular flexibility index (Phi) is 6.19. The highest BCUT2D eigenvalue weighted by molar-refractivity contribution is 5.46. The zero-order chi connectivity index (χ0) is 24.6. The summed E-state index contributed by atoms with van der Waals surface area (Å²) in [7, 11) is 1.57. The van der Waals surface area contributed by atoms with Crippen LogP contribution in [0.3, 0.4) is 0 Å². The van der Waals surface area contributed by atoms with Gasteiger partial charge in [-0.2, -0.15) is 23.4 Å². The van der Waals surface area contributed by atoms with Crippen molar-refractivity contribution < 1.29 is 22.6 Å². The number of ether oxygens (including phenoxy) is 2. The fourth-order valence-electron chi connectivity index (χ4n) is 4.68. The van der Waals surface area contributed by atoms with Crippen LogP contribution < -0.4 is 10.1 Å². The third-order valence-electron chi connectivity index (χ3n) is 6.66. The number of methoxy groups -OCH3 is 1. The van der Waals surface area contributed by atoms with E-state index in [0.717, 1.165) is 31.3 Å². The molecule has 35 heavy (non-hydrogen) atoms. The van der Waals surface area contributed by atoms with Crippen molar-refractivity contribution in [1.82, 2.24) is 24.6 Å². The number of nitrogens with zero attached hydrogens (tertiary/aromatic N) is 6. The predicted molar refractivity (Wildman–Crippen MR) is 118 cm³/mol. The number of anilines is 1. The number of nitriles is 1. The number of halogens is 3. The largest absolute Gasteiger partial charge is 0.474 e. The van der Waals surface area contributed by atoms with Crippen LogP contribution in [-0.2, 0) is 10.9 Å². The maximum Gasteiger partial charge on any atom is 0.423 e. The van der Waals surface area contributed by atoms with Crippen molar-refractivity contribution in [2.75, 3.05) is 12.4 Å². The molecule has 184 valence electrons. The van der Waals surface area contributed by atoms with Gasteiger partial charge in [-0.1, -0.05) is 6.42 Å². The number of hydrogen-bond acceptors (Lipinski definition) is 8. The van der Waals surface area contributed by atoms with E-state index in [4.69, 9.17) is 14.7 Å². The molecule has 0 aliphatic heterocycles. The van der Waals surface area contributed by atoms with Gasteiger partial charge in [-0.3, -0.25) is 4.40 Å². The molecule has 2 fully saturated rings. The fourth-order valence-corrected chi connectivity index (χ4v) is 4.68. The molecule has 5 rings (SSSR count). The Morgan fingerprint density at radius 3 is 2.74 bits per heavy atom. The first-order valence-electron chi connectivity index (χ1n) is 11.5. The van der Waals surface area contributed by atoms with E-state index in [1.165, 1.54) is 0 Å². The number of hydrogen-bond donors (Lipinski definition) is 1. The van der Waals surface area contributed by atoms with Crippen LogP contribution in [0.5, 0.6) is 5.88 Å². The maximum atomic E-state index is 13.5. The molecular formula is C23H24F3N7O2. The summed E-state index contributed by atoms with van der Waals surface area (Å²) in [6.45, 7) is 0. The van der Waals surface area contributed by atoms with Gasteiger partial charge < -0.3 is 14.8 Å². The Balaban J connectivity index is 1.31. The Morgan fingerprint density at radius 2 is 2.00 bits per heavy atom. The molecule has 9 nitrogen and oxygen atoms in total. The highest BCUT2D eigenvalue weighted by atomic mass is 19.4. The van der Waals surface area contributed by atoms with E-state index in [1.54, 1.807) is 25.4 Å². The lowest BCUT2D eigenvalue weighted by molar-refractivity contribution is -0.141. The fraction of sp³-hybridized carbons (Fsp3) is 0.522. The minimum Gasteiger partial charge on any atom is -0.474 e. The molecule has 3 aromatic heterocycles. The van der Waals surface area contributed by atoms with Gasteiger partial charge in [-0.05, 0) is 25.3 Å². The molecule has 2 aliphatic rings. The molecule has 2 saturated carbocycles. The predicted octanol–water partition coefficient (Wildman–Crippen LogP) is 4.10. The second kappa shape index (κ2) is 9.30. The first-order chi connectivity index (χ1) is 16.8. The number of alkyl halides is 3. The number of aromatic nitrogens is 5. The minimum absolute atomic E-state index is 0.00679. The Morgan fingerprint density at radius 1 is 1.17 bits per heavy atom. The van der Waals surface area contributed by atoms with E-state index in [1.807, 2.05) is 4.40 Å². The van der Waals surface area contributed by atoms with Crippen LogP contribution >= 0.6 is 0 Å².